The third-order valence-corrected chi connectivity index (χ3v) is 8.71. The number of fused-ring (bicyclic) bond motifs is 1. The molecule has 3 amide bonds. The first kappa shape index (κ1) is 30.0. The molecule has 2 aromatic carbocycles. The molecule has 3 N–H and O–H groups in total. The molecule has 2 heterocycles. The fourth-order valence-corrected chi connectivity index (χ4v) is 5.72. The van der Waals surface area contributed by atoms with Gasteiger partial charge >= 0.3 is 6.03 Å². The number of imidazole rings is 1. The van der Waals surface area contributed by atoms with E-state index in [2.05, 4.69) is 15.6 Å². The average Bonchev–Trinajstić information content (AvgIpc) is 3.40. The zero-order valence-electron chi connectivity index (χ0n) is 23.5. The van der Waals surface area contributed by atoms with Crippen LogP contribution in [0.5, 0.6) is 5.75 Å². The predicted molar refractivity (Wildman–Crippen MR) is 154 cm³/mol. The Morgan fingerprint density at radius 2 is 1.90 bits per heavy atom. The van der Waals surface area contributed by atoms with Gasteiger partial charge in [0.15, 0.2) is 5.03 Å². The zero-order valence-corrected chi connectivity index (χ0v) is 24.3. The van der Waals surface area contributed by atoms with Gasteiger partial charge in [0, 0.05) is 49.7 Å². The summed E-state index contributed by atoms with van der Waals surface area (Å²) in [5, 5.41) is 15.3. The Morgan fingerprint density at radius 3 is 2.56 bits per heavy atom. The molecule has 0 saturated carbocycles. The molecule has 41 heavy (non-hydrogen) atoms. The number of carbonyl (C=O) groups excluding carboxylic acids is 2. The fourth-order valence-electron chi connectivity index (χ4n) is 4.57. The van der Waals surface area contributed by atoms with Gasteiger partial charge in [-0.05, 0) is 37.3 Å². The van der Waals surface area contributed by atoms with Gasteiger partial charge in [-0.25, -0.2) is 18.2 Å². The van der Waals surface area contributed by atoms with Crippen LogP contribution in [-0.2, 0) is 28.3 Å². The number of aryl methyl sites for hydroxylation is 1. The molecule has 12 nitrogen and oxygen atoms in total. The van der Waals surface area contributed by atoms with Crippen LogP contribution in [0.2, 0.25) is 0 Å². The molecule has 220 valence electrons. The van der Waals surface area contributed by atoms with Gasteiger partial charge in [-0.15, -0.1) is 0 Å². The highest BCUT2D eigenvalue weighted by atomic mass is 32.2. The van der Waals surface area contributed by atoms with Crippen LogP contribution in [0.15, 0.2) is 66.1 Å². The van der Waals surface area contributed by atoms with Crippen molar-refractivity contribution < 1.29 is 27.9 Å². The van der Waals surface area contributed by atoms with Gasteiger partial charge in [0.25, 0.3) is 10.0 Å². The Labute approximate surface area is 240 Å². The normalized spacial score (nSPS) is 18.5. The van der Waals surface area contributed by atoms with Crippen molar-refractivity contribution in [3.63, 3.8) is 0 Å². The smallest absolute Gasteiger partial charge is 0.323 e. The van der Waals surface area contributed by atoms with Crippen LogP contribution in [0.25, 0.3) is 0 Å². The van der Waals surface area contributed by atoms with Crippen LogP contribution in [0, 0.1) is 5.92 Å². The lowest BCUT2D eigenvalue weighted by Crippen LogP contribution is -2.48. The number of hydrogen-bond donors (Lipinski definition) is 3. The average molecular weight is 585 g/mol. The molecule has 0 unspecified atom stereocenters. The van der Waals surface area contributed by atoms with Crippen molar-refractivity contribution in [1.82, 2.24) is 18.8 Å². The summed E-state index contributed by atoms with van der Waals surface area (Å²) in [5.74, 6) is -0.106. The van der Waals surface area contributed by atoms with E-state index in [4.69, 9.17) is 4.74 Å². The zero-order chi connectivity index (χ0) is 29.7. The number of rotatable bonds is 8. The summed E-state index contributed by atoms with van der Waals surface area (Å²) in [6, 6.07) is 13.1. The second-order valence-corrected chi connectivity index (χ2v) is 12.3. The summed E-state index contributed by atoms with van der Waals surface area (Å²) in [6.45, 7) is 3.65. The first-order chi connectivity index (χ1) is 19.5. The van der Waals surface area contributed by atoms with Crippen molar-refractivity contribution in [3.05, 3.63) is 66.6 Å². The molecule has 0 spiro atoms. The van der Waals surface area contributed by atoms with Crippen LogP contribution < -0.4 is 15.4 Å². The quantitative estimate of drug-likeness (QED) is 0.369. The van der Waals surface area contributed by atoms with Crippen molar-refractivity contribution in [3.8, 4) is 5.75 Å². The van der Waals surface area contributed by atoms with Crippen molar-refractivity contribution in [2.45, 2.75) is 37.4 Å². The summed E-state index contributed by atoms with van der Waals surface area (Å²) < 4.78 is 35.5. The number of carbonyl (C=O) groups is 2. The molecule has 0 radical (unpaired) electrons. The maximum absolute atomic E-state index is 13.4. The number of aromatic nitrogens is 2. The van der Waals surface area contributed by atoms with E-state index in [9.17, 15) is 23.1 Å². The van der Waals surface area contributed by atoms with Gasteiger partial charge in [-0.2, -0.15) is 4.31 Å². The number of amides is 3. The molecule has 0 aliphatic carbocycles. The number of aliphatic hydroxyl groups excluding tert-OH is 1. The Hall–Kier alpha value is -3.94. The second kappa shape index (κ2) is 12.7. The number of anilines is 2. The topological polar surface area (TPSA) is 146 Å². The van der Waals surface area contributed by atoms with E-state index in [0.717, 1.165) is 0 Å². The minimum absolute atomic E-state index is 0.00542. The highest BCUT2D eigenvalue weighted by Gasteiger charge is 2.34. The van der Waals surface area contributed by atoms with E-state index in [0.29, 0.717) is 22.7 Å². The van der Waals surface area contributed by atoms with Gasteiger partial charge in [-0.1, -0.05) is 25.1 Å². The van der Waals surface area contributed by atoms with E-state index in [-0.39, 0.29) is 43.0 Å². The molecular weight excluding hydrogens is 548 g/mol. The van der Waals surface area contributed by atoms with Crippen molar-refractivity contribution in [2.75, 3.05) is 37.4 Å². The first-order valence-electron chi connectivity index (χ1n) is 13.2. The Morgan fingerprint density at radius 1 is 1.20 bits per heavy atom. The van der Waals surface area contributed by atoms with E-state index in [1.54, 1.807) is 53.8 Å². The van der Waals surface area contributed by atoms with E-state index < -0.39 is 28.2 Å². The van der Waals surface area contributed by atoms with Crippen LogP contribution >= 0.6 is 0 Å². The first-order valence-corrected chi connectivity index (χ1v) is 14.7. The number of para-hydroxylation sites is 1. The minimum Gasteiger partial charge on any atom is -0.488 e. The summed E-state index contributed by atoms with van der Waals surface area (Å²) in [4.78, 5) is 31.6. The molecule has 0 bridgehead atoms. The molecule has 4 rings (SSSR count). The highest BCUT2D eigenvalue weighted by Crippen LogP contribution is 2.30. The van der Waals surface area contributed by atoms with Gasteiger partial charge in [0.2, 0.25) is 5.91 Å². The largest absolute Gasteiger partial charge is 0.488 e. The van der Waals surface area contributed by atoms with Gasteiger partial charge < -0.3 is 29.9 Å². The molecule has 1 aromatic heterocycles. The number of aliphatic hydroxyl groups is 1. The van der Waals surface area contributed by atoms with E-state index >= 15 is 0 Å². The summed E-state index contributed by atoms with van der Waals surface area (Å²) in [5.41, 5.74) is 1.60. The lowest BCUT2D eigenvalue weighted by Gasteiger charge is -2.33. The molecule has 1 aliphatic heterocycles. The Bertz CT molecular complexity index is 1480. The van der Waals surface area contributed by atoms with Gasteiger partial charge in [0.1, 0.15) is 11.9 Å². The number of nitrogens with one attached hydrogen (secondary N) is 2. The van der Waals surface area contributed by atoms with E-state index in [1.165, 1.54) is 23.9 Å². The fraction of sp³-hybridized carbons (Fsp3) is 0.393. The molecule has 3 aromatic rings. The number of hydrogen-bond acceptors (Lipinski definition) is 7. The Kier molecular flexibility index (Phi) is 9.31. The van der Waals surface area contributed by atoms with Crippen LogP contribution in [-0.4, -0.2) is 83.1 Å². The molecule has 3 atom stereocenters. The summed E-state index contributed by atoms with van der Waals surface area (Å²) >= 11 is 0. The standard InChI is InChI=1S/C28H36N6O6S/c1-19-14-34(20(2)17-35)27(36)13-21-12-23(31-28(37)30-22-8-6-5-7-9-22)10-11-24(21)40-25(19)15-33(4)41(38,39)26-16-32(3)18-29-26/h5-12,16,18-20,25,35H,13-15,17H2,1-4H3,(H2,30,31,37)/t19-,20-,25-/m0/s1. The van der Waals surface area contributed by atoms with Crippen molar-refractivity contribution in [1.29, 1.82) is 0 Å². The van der Waals surface area contributed by atoms with Crippen molar-refractivity contribution in [2.24, 2.45) is 13.0 Å². The molecule has 0 saturated heterocycles. The minimum atomic E-state index is -3.89. The SMILES string of the molecule is C[C@H]1CN([C@@H](C)CO)C(=O)Cc2cc(NC(=O)Nc3ccccc3)ccc2O[C@H]1CN(C)S(=O)(=O)c1cn(C)cn1. The van der Waals surface area contributed by atoms with Gasteiger partial charge in [0.05, 0.1) is 31.9 Å². The van der Waals surface area contributed by atoms with Crippen LogP contribution in [0.3, 0.4) is 0 Å². The van der Waals surface area contributed by atoms with Gasteiger partial charge in [-0.3, -0.25) is 4.79 Å². The number of likely N-dealkylation sites (N-methyl/N-ethyl adjacent to an activating group) is 1. The molecule has 0 fully saturated rings. The maximum Gasteiger partial charge on any atom is 0.323 e. The lowest BCUT2D eigenvalue weighted by molar-refractivity contribution is -0.134. The van der Waals surface area contributed by atoms with Crippen molar-refractivity contribution >= 4 is 33.3 Å². The molecular formula is C28H36N6O6S. The summed E-state index contributed by atoms with van der Waals surface area (Å²) in [6.07, 6.45) is 2.18. The highest BCUT2D eigenvalue weighted by molar-refractivity contribution is 7.89. The number of nitrogens with zero attached hydrogens (tertiary/aromatic N) is 4. The van der Waals surface area contributed by atoms with Crippen LogP contribution in [0.1, 0.15) is 19.4 Å². The third kappa shape index (κ3) is 7.23. The third-order valence-electron chi connectivity index (χ3n) is 7.00. The maximum atomic E-state index is 13.4. The summed E-state index contributed by atoms with van der Waals surface area (Å²) in [7, 11) is -0.741. The molecule has 13 heteroatoms. The number of urea groups is 1. The predicted octanol–water partition coefficient (Wildman–Crippen LogP) is 2.53. The lowest BCUT2D eigenvalue weighted by atomic mass is 10.0. The monoisotopic (exact) mass is 584 g/mol. The van der Waals surface area contributed by atoms with Crippen LogP contribution in [0.4, 0.5) is 16.2 Å². The number of ether oxygens (including phenoxy) is 1. The van der Waals surface area contributed by atoms with E-state index in [1.807, 2.05) is 25.1 Å². The number of benzene rings is 2. The molecule has 1 aliphatic rings. The Balaban J connectivity index is 1.62. The number of sulfonamides is 1. The second-order valence-electron chi connectivity index (χ2n) is 10.3.